The third-order valence-corrected chi connectivity index (χ3v) is 5.61. The summed E-state index contributed by atoms with van der Waals surface area (Å²) in [6.45, 7) is 3.65. The van der Waals surface area contributed by atoms with Gasteiger partial charge in [-0.05, 0) is 32.0 Å². The number of para-hydroxylation sites is 1. The molecule has 2 aromatic heterocycles. The molecule has 0 aliphatic carbocycles. The van der Waals surface area contributed by atoms with E-state index >= 15 is 0 Å². The SMILES string of the molecule is Cc1cc(C=O)c(C)n1NC(=O)CSc1nc2ccccc2s1. The number of carbonyl (C=O) groups excluding carboxylic acids is 2. The summed E-state index contributed by atoms with van der Waals surface area (Å²) in [6.07, 6.45) is 0.793. The average Bonchev–Trinajstić information content (AvgIpc) is 3.08. The Morgan fingerprint density at radius 3 is 2.87 bits per heavy atom. The van der Waals surface area contributed by atoms with Crippen LogP contribution in [0, 0.1) is 13.8 Å². The fourth-order valence-electron chi connectivity index (χ4n) is 2.28. The van der Waals surface area contributed by atoms with E-state index in [1.165, 1.54) is 11.8 Å². The van der Waals surface area contributed by atoms with Crippen LogP contribution in [0.3, 0.4) is 0 Å². The maximum atomic E-state index is 12.1. The molecule has 0 radical (unpaired) electrons. The van der Waals surface area contributed by atoms with Gasteiger partial charge in [0.2, 0.25) is 5.91 Å². The van der Waals surface area contributed by atoms with Crippen molar-refractivity contribution in [3.63, 3.8) is 0 Å². The second kappa shape index (κ2) is 6.55. The van der Waals surface area contributed by atoms with E-state index in [-0.39, 0.29) is 11.7 Å². The van der Waals surface area contributed by atoms with Crippen LogP contribution in [0.2, 0.25) is 0 Å². The molecule has 3 aromatic rings. The second-order valence-corrected chi connectivity index (χ2v) is 7.30. The number of thiazole rings is 1. The van der Waals surface area contributed by atoms with Gasteiger partial charge in [0.1, 0.15) is 0 Å². The number of hydrogen-bond acceptors (Lipinski definition) is 5. The van der Waals surface area contributed by atoms with Crippen LogP contribution in [-0.2, 0) is 4.79 Å². The number of aryl methyl sites for hydroxylation is 1. The minimum Gasteiger partial charge on any atom is -0.298 e. The van der Waals surface area contributed by atoms with Gasteiger partial charge in [-0.1, -0.05) is 23.9 Å². The Bertz CT molecular complexity index is 850. The summed E-state index contributed by atoms with van der Waals surface area (Å²) < 4.78 is 3.63. The average molecular weight is 345 g/mol. The van der Waals surface area contributed by atoms with E-state index in [9.17, 15) is 9.59 Å². The Morgan fingerprint density at radius 2 is 2.17 bits per heavy atom. The van der Waals surface area contributed by atoms with Crippen molar-refractivity contribution in [1.29, 1.82) is 0 Å². The Balaban J connectivity index is 1.65. The predicted molar refractivity (Wildman–Crippen MR) is 94.0 cm³/mol. The zero-order valence-electron chi connectivity index (χ0n) is 12.7. The van der Waals surface area contributed by atoms with Gasteiger partial charge in [0.15, 0.2) is 10.6 Å². The van der Waals surface area contributed by atoms with E-state index in [4.69, 9.17) is 0 Å². The summed E-state index contributed by atoms with van der Waals surface area (Å²) in [7, 11) is 0. The third kappa shape index (κ3) is 3.30. The molecule has 23 heavy (non-hydrogen) atoms. The molecule has 0 spiro atoms. The smallest absolute Gasteiger partial charge is 0.249 e. The standard InChI is InChI=1S/C16H15N3O2S2/c1-10-7-12(8-20)11(2)19(10)18-15(21)9-22-16-17-13-5-3-4-6-14(13)23-16/h3-8H,9H2,1-2H3,(H,18,21). The highest BCUT2D eigenvalue weighted by Crippen LogP contribution is 2.29. The second-order valence-electron chi connectivity index (χ2n) is 5.05. The summed E-state index contributed by atoms with van der Waals surface area (Å²) in [4.78, 5) is 27.6. The maximum absolute atomic E-state index is 12.1. The van der Waals surface area contributed by atoms with Crippen molar-refractivity contribution in [2.24, 2.45) is 0 Å². The molecule has 3 rings (SSSR count). The summed E-state index contributed by atoms with van der Waals surface area (Å²) in [6, 6.07) is 9.66. The molecule has 118 valence electrons. The number of rotatable bonds is 5. The topological polar surface area (TPSA) is 64.0 Å². The van der Waals surface area contributed by atoms with E-state index in [2.05, 4.69) is 10.4 Å². The lowest BCUT2D eigenvalue weighted by atomic mass is 10.3. The van der Waals surface area contributed by atoms with Crippen molar-refractivity contribution in [3.05, 3.63) is 47.3 Å². The molecule has 1 amide bonds. The lowest BCUT2D eigenvalue weighted by Gasteiger charge is -2.10. The van der Waals surface area contributed by atoms with E-state index in [1.807, 2.05) is 31.2 Å². The van der Waals surface area contributed by atoms with Gasteiger partial charge in [-0.15, -0.1) is 11.3 Å². The normalized spacial score (nSPS) is 10.9. The van der Waals surface area contributed by atoms with E-state index in [0.29, 0.717) is 5.56 Å². The van der Waals surface area contributed by atoms with Crippen LogP contribution in [0.4, 0.5) is 0 Å². The summed E-state index contributed by atoms with van der Waals surface area (Å²) >= 11 is 2.99. The number of fused-ring (bicyclic) bond motifs is 1. The Labute approximate surface area is 141 Å². The van der Waals surface area contributed by atoms with Gasteiger partial charge in [0.05, 0.1) is 16.0 Å². The number of aldehydes is 1. The number of benzene rings is 1. The molecular formula is C16H15N3O2S2. The van der Waals surface area contributed by atoms with Crippen molar-refractivity contribution in [2.75, 3.05) is 11.2 Å². The lowest BCUT2D eigenvalue weighted by Crippen LogP contribution is -2.26. The number of aromatic nitrogens is 2. The molecule has 7 heteroatoms. The Morgan fingerprint density at radius 1 is 1.39 bits per heavy atom. The molecule has 0 fully saturated rings. The Kier molecular flexibility index (Phi) is 4.49. The fraction of sp³-hybridized carbons (Fsp3) is 0.188. The maximum Gasteiger partial charge on any atom is 0.249 e. The quantitative estimate of drug-likeness (QED) is 0.569. The lowest BCUT2D eigenvalue weighted by molar-refractivity contribution is -0.114. The minimum atomic E-state index is -0.131. The van der Waals surface area contributed by atoms with Crippen LogP contribution in [0.5, 0.6) is 0 Å². The molecule has 0 unspecified atom stereocenters. The number of carbonyl (C=O) groups is 2. The summed E-state index contributed by atoms with van der Waals surface area (Å²) in [5.74, 6) is 0.140. The molecule has 0 bridgehead atoms. The Hall–Kier alpha value is -2.12. The molecule has 2 heterocycles. The van der Waals surface area contributed by atoms with Crippen molar-refractivity contribution in [1.82, 2.24) is 9.66 Å². The fourth-order valence-corrected chi connectivity index (χ4v) is 4.14. The predicted octanol–water partition coefficient (Wildman–Crippen LogP) is 3.39. The van der Waals surface area contributed by atoms with E-state index in [0.717, 1.165) is 32.2 Å². The molecule has 0 saturated heterocycles. The number of nitrogens with one attached hydrogen (secondary N) is 1. The van der Waals surface area contributed by atoms with Gasteiger partial charge < -0.3 is 0 Å². The first-order valence-electron chi connectivity index (χ1n) is 7.01. The number of amides is 1. The van der Waals surface area contributed by atoms with Gasteiger partial charge in [-0.2, -0.15) is 0 Å². The third-order valence-electron chi connectivity index (χ3n) is 3.43. The van der Waals surface area contributed by atoms with Gasteiger partial charge in [0, 0.05) is 17.0 Å². The first-order valence-corrected chi connectivity index (χ1v) is 8.81. The zero-order valence-corrected chi connectivity index (χ0v) is 14.3. The van der Waals surface area contributed by atoms with Crippen LogP contribution < -0.4 is 5.43 Å². The largest absolute Gasteiger partial charge is 0.298 e. The van der Waals surface area contributed by atoms with Crippen LogP contribution >= 0.6 is 23.1 Å². The summed E-state index contributed by atoms with van der Waals surface area (Å²) in [5, 5.41) is 0. The first-order chi connectivity index (χ1) is 11.1. The molecule has 5 nitrogen and oxygen atoms in total. The van der Waals surface area contributed by atoms with Crippen LogP contribution in [0.25, 0.3) is 10.2 Å². The van der Waals surface area contributed by atoms with Gasteiger partial charge in [-0.25, -0.2) is 4.98 Å². The highest BCUT2D eigenvalue weighted by molar-refractivity contribution is 8.01. The summed E-state index contributed by atoms with van der Waals surface area (Å²) in [5.41, 5.74) is 5.90. The van der Waals surface area contributed by atoms with Gasteiger partial charge in [-0.3, -0.25) is 19.7 Å². The molecule has 0 aliphatic rings. The first kappa shape index (κ1) is 15.8. The van der Waals surface area contributed by atoms with Crippen LogP contribution in [0.15, 0.2) is 34.7 Å². The van der Waals surface area contributed by atoms with Crippen molar-refractivity contribution in [3.8, 4) is 0 Å². The monoisotopic (exact) mass is 345 g/mol. The highest BCUT2D eigenvalue weighted by Gasteiger charge is 2.12. The van der Waals surface area contributed by atoms with Crippen molar-refractivity contribution >= 4 is 45.5 Å². The van der Waals surface area contributed by atoms with Gasteiger partial charge >= 0.3 is 0 Å². The van der Waals surface area contributed by atoms with Crippen LogP contribution in [0.1, 0.15) is 21.7 Å². The van der Waals surface area contributed by atoms with Gasteiger partial charge in [0.25, 0.3) is 0 Å². The van der Waals surface area contributed by atoms with Crippen LogP contribution in [-0.4, -0.2) is 27.6 Å². The molecule has 1 aromatic carbocycles. The molecular weight excluding hydrogens is 330 g/mol. The molecule has 1 N–H and O–H groups in total. The molecule has 0 saturated carbocycles. The highest BCUT2D eigenvalue weighted by atomic mass is 32.2. The number of hydrogen-bond donors (Lipinski definition) is 1. The van der Waals surface area contributed by atoms with E-state index < -0.39 is 0 Å². The number of nitrogens with zero attached hydrogens (tertiary/aromatic N) is 2. The zero-order chi connectivity index (χ0) is 16.4. The molecule has 0 atom stereocenters. The number of thioether (sulfide) groups is 1. The van der Waals surface area contributed by atoms with Crippen molar-refractivity contribution in [2.45, 2.75) is 18.2 Å². The minimum absolute atomic E-state index is 0.131. The molecule has 0 aliphatic heterocycles. The van der Waals surface area contributed by atoms with Crippen molar-refractivity contribution < 1.29 is 9.59 Å². The van der Waals surface area contributed by atoms with E-state index in [1.54, 1.807) is 29.0 Å².